The standard InChI is InChI=1S/C11H15ClO4S/c1-3-9-4-5-10(11(8-9)15-2)16-6-7-17(12,13)14/h4-5,8H,3,6-7H2,1-2H3. The van der Waals surface area contributed by atoms with Crippen molar-refractivity contribution in [3.63, 3.8) is 0 Å². The molecule has 6 heteroatoms. The Bertz CT molecular complexity index is 470. The molecule has 0 saturated carbocycles. The molecule has 0 aliphatic heterocycles. The molecule has 0 saturated heterocycles. The first-order valence-electron chi connectivity index (χ1n) is 5.18. The molecule has 0 N–H and O–H groups in total. The van der Waals surface area contributed by atoms with E-state index in [2.05, 4.69) is 0 Å². The Hall–Kier alpha value is -0.940. The molecule has 0 aliphatic rings. The first-order valence-corrected chi connectivity index (χ1v) is 7.66. The summed E-state index contributed by atoms with van der Waals surface area (Å²) >= 11 is 0. The van der Waals surface area contributed by atoms with Crippen LogP contribution in [0, 0.1) is 0 Å². The minimum atomic E-state index is -3.52. The third kappa shape index (κ3) is 4.83. The van der Waals surface area contributed by atoms with Crippen molar-refractivity contribution in [2.45, 2.75) is 13.3 Å². The Balaban J connectivity index is 2.70. The third-order valence-corrected chi connectivity index (χ3v) is 3.34. The lowest BCUT2D eigenvalue weighted by Crippen LogP contribution is -2.09. The van der Waals surface area contributed by atoms with Gasteiger partial charge < -0.3 is 9.47 Å². The Labute approximate surface area is 106 Å². The number of aryl methyl sites for hydroxylation is 1. The van der Waals surface area contributed by atoms with E-state index in [0.29, 0.717) is 11.5 Å². The fourth-order valence-corrected chi connectivity index (χ4v) is 1.77. The first kappa shape index (κ1) is 14.1. The van der Waals surface area contributed by atoms with Gasteiger partial charge in [-0.2, -0.15) is 0 Å². The van der Waals surface area contributed by atoms with Gasteiger partial charge in [0.2, 0.25) is 9.05 Å². The van der Waals surface area contributed by atoms with Crippen molar-refractivity contribution < 1.29 is 17.9 Å². The lowest BCUT2D eigenvalue weighted by molar-refractivity contribution is 0.312. The normalized spacial score (nSPS) is 11.2. The SMILES string of the molecule is CCc1ccc(OCCS(=O)(=O)Cl)c(OC)c1. The molecular weight excluding hydrogens is 264 g/mol. The summed E-state index contributed by atoms with van der Waals surface area (Å²) in [5.41, 5.74) is 1.12. The first-order chi connectivity index (χ1) is 7.96. The highest BCUT2D eigenvalue weighted by molar-refractivity contribution is 8.13. The number of hydrogen-bond acceptors (Lipinski definition) is 4. The highest BCUT2D eigenvalue weighted by Gasteiger charge is 2.08. The Kier molecular flexibility index (Phi) is 5.08. The van der Waals surface area contributed by atoms with Gasteiger partial charge in [-0.15, -0.1) is 0 Å². The second-order valence-electron chi connectivity index (χ2n) is 3.43. The summed E-state index contributed by atoms with van der Waals surface area (Å²) in [6.07, 6.45) is 0.896. The monoisotopic (exact) mass is 278 g/mol. The van der Waals surface area contributed by atoms with Gasteiger partial charge in [0, 0.05) is 10.7 Å². The molecule has 1 aromatic rings. The summed E-state index contributed by atoms with van der Waals surface area (Å²) < 4.78 is 31.9. The van der Waals surface area contributed by atoms with Crippen LogP contribution < -0.4 is 9.47 Å². The van der Waals surface area contributed by atoms with Gasteiger partial charge in [-0.1, -0.05) is 13.0 Å². The molecule has 0 spiro atoms. The summed E-state index contributed by atoms with van der Waals surface area (Å²) in [6.45, 7) is 2.04. The second kappa shape index (κ2) is 6.12. The fraction of sp³-hybridized carbons (Fsp3) is 0.455. The van der Waals surface area contributed by atoms with Gasteiger partial charge in [0.1, 0.15) is 6.61 Å². The van der Waals surface area contributed by atoms with E-state index in [4.69, 9.17) is 20.2 Å². The summed E-state index contributed by atoms with van der Waals surface area (Å²) in [4.78, 5) is 0. The zero-order valence-corrected chi connectivity index (χ0v) is 11.3. The van der Waals surface area contributed by atoms with Crippen LogP contribution in [0.25, 0.3) is 0 Å². The molecule has 0 amide bonds. The van der Waals surface area contributed by atoms with Crippen molar-refractivity contribution in [2.24, 2.45) is 0 Å². The number of methoxy groups -OCH3 is 1. The maximum Gasteiger partial charge on any atom is 0.235 e. The van der Waals surface area contributed by atoms with Crippen LogP contribution in [0.5, 0.6) is 11.5 Å². The summed E-state index contributed by atoms with van der Waals surface area (Å²) in [6, 6.07) is 5.54. The molecule has 1 aromatic carbocycles. The molecule has 0 heterocycles. The van der Waals surface area contributed by atoms with Crippen molar-refractivity contribution in [3.05, 3.63) is 23.8 Å². The third-order valence-electron chi connectivity index (χ3n) is 2.22. The molecule has 96 valence electrons. The topological polar surface area (TPSA) is 52.6 Å². The smallest absolute Gasteiger partial charge is 0.235 e. The molecular formula is C11H15ClO4S. The molecule has 1 rings (SSSR count). The number of ether oxygens (including phenoxy) is 2. The molecule has 0 aromatic heterocycles. The van der Waals surface area contributed by atoms with Crippen LogP contribution in [-0.2, 0) is 15.5 Å². The number of rotatable bonds is 6. The van der Waals surface area contributed by atoms with Crippen LogP contribution in [0.3, 0.4) is 0 Å². The Morgan fingerprint density at radius 1 is 1.29 bits per heavy atom. The van der Waals surface area contributed by atoms with E-state index in [1.807, 2.05) is 19.1 Å². The summed E-state index contributed by atoms with van der Waals surface area (Å²) in [5.74, 6) is 0.883. The van der Waals surface area contributed by atoms with Gasteiger partial charge in [0.15, 0.2) is 11.5 Å². The molecule has 4 nitrogen and oxygen atoms in total. The lowest BCUT2D eigenvalue weighted by atomic mass is 10.1. The van der Waals surface area contributed by atoms with Crippen LogP contribution in [0.4, 0.5) is 0 Å². The van der Waals surface area contributed by atoms with Crippen molar-refractivity contribution in [1.29, 1.82) is 0 Å². The molecule has 0 atom stereocenters. The quantitative estimate of drug-likeness (QED) is 0.749. The molecule has 0 fully saturated rings. The van der Waals surface area contributed by atoms with E-state index < -0.39 is 9.05 Å². The Morgan fingerprint density at radius 2 is 2.00 bits per heavy atom. The predicted molar refractivity (Wildman–Crippen MR) is 67.5 cm³/mol. The number of hydrogen-bond donors (Lipinski definition) is 0. The van der Waals surface area contributed by atoms with Gasteiger partial charge in [0.25, 0.3) is 0 Å². The van der Waals surface area contributed by atoms with Crippen LogP contribution in [0.2, 0.25) is 0 Å². The molecule has 0 bridgehead atoms. The average Bonchev–Trinajstić information content (AvgIpc) is 2.27. The maximum atomic E-state index is 10.7. The van der Waals surface area contributed by atoms with Crippen LogP contribution in [0.15, 0.2) is 18.2 Å². The zero-order valence-electron chi connectivity index (χ0n) is 9.77. The lowest BCUT2D eigenvalue weighted by Gasteiger charge is -2.11. The van der Waals surface area contributed by atoms with Crippen molar-refractivity contribution in [2.75, 3.05) is 19.5 Å². The van der Waals surface area contributed by atoms with Gasteiger partial charge in [-0.05, 0) is 24.1 Å². The van der Waals surface area contributed by atoms with Gasteiger partial charge in [-0.25, -0.2) is 8.42 Å². The summed E-state index contributed by atoms with van der Waals surface area (Å²) in [7, 11) is 3.10. The predicted octanol–water partition coefficient (Wildman–Crippen LogP) is 2.21. The van der Waals surface area contributed by atoms with Gasteiger partial charge >= 0.3 is 0 Å². The highest BCUT2D eigenvalue weighted by atomic mass is 35.7. The van der Waals surface area contributed by atoms with Crippen molar-refractivity contribution in [1.82, 2.24) is 0 Å². The van der Waals surface area contributed by atoms with Gasteiger partial charge in [-0.3, -0.25) is 0 Å². The average molecular weight is 279 g/mol. The van der Waals surface area contributed by atoms with Crippen LogP contribution >= 0.6 is 10.7 Å². The van der Waals surface area contributed by atoms with E-state index >= 15 is 0 Å². The van der Waals surface area contributed by atoms with E-state index in [0.717, 1.165) is 12.0 Å². The van der Waals surface area contributed by atoms with E-state index in [1.54, 1.807) is 13.2 Å². The van der Waals surface area contributed by atoms with E-state index in [-0.39, 0.29) is 12.4 Å². The van der Waals surface area contributed by atoms with Crippen LogP contribution in [0.1, 0.15) is 12.5 Å². The minimum Gasteiger partial charge on any atom is -0.493 e. The molecule has 17 heavy (non-hydrogen) atoms. The second-order valence-corrected chi connectivity index (χ2v) is 6.33. The maximum absolute atomic E-state index is 10.7. The number of halogens is 1. The largest absolute Gasteiger partial charge is 0.493 e. The highest BCUT2D eigenvalue weighted by Crippen LogP contribution is 2.28. The number of benzene rings is 1. The molecule has 0 radical (unpaired) electrons. The van der Waals surface area contributed by atoms with Crippen LogP contribution in [-0.4, -0.2) is 27.9 Å². The minimum absolute atomic E-state index is 0.00760. The molecule has 0 aliphatic carbocycles. The zero-order chi connectivity index (χ0) is 12.9. The van der Waals surface area contributed by atoms with Crippen molar-refractivity contribution >= 4 is 19.7 Å². The summed E-state index contributed by atoms with van der Waals surface area (Å²) in [5, 5.41) is 0. The van der Waals surface area contributed by atoms with E-state index in [1.165, 1.54) is 0 Å². The fourth-order valence-electron chi connectivity index (χ4n) is 1.30. The molecule has 0 unspecified atom stereocenters. The van der Waals surface area contributed by atoms with Gasteiger partial charge in [0.05, 0.1) is 12.9 Å². The van der Waals surface area contributed by atoms with E-state index in [9.17, 15) is 8.42 Å². The van der Waals surface area contributed by atoms with Crippen molar-refractivity contribution in [3.8, 4) is 11.5 Å². The Morgan fingerprint density at radius 3 is 2.53 bits per heavy atom.